The van der Waals surface area contributed by atoms with E-state index in [0.717, 1.165) is 51.6 Å². The van der Waals surface area contributed by atoms with E-state index in [1.807, 2.05) is 6.07 Å². The molecule has 0 bridgehead atoms. The molecule has 2 atom stereocenters. The van der Waals surface area contributed by atoms with Gasteiger partial charge >= 0.3 is 5.97 Å². The summed E-state index contributed by atoms with van der Waals surface area (Å²) in [5, 5.41) is 3.36. The lowest BCUT2D eigenvalue weighted by molar-refractivity contribution is -0.164. The minimum atomic E-state index is -0.315. The maximum Gasteiger partial charge on any atom is 0.313 e. The molecule has 1 N–H and O–H groups in total. The van der Waals surface area contributed by atoms with Gasteiger partial charge in [-0.15, -0.1) is 0 Å². The normalized spacial score (nSPS) is 28.7. The number of hydrogen-bond acceptors (Lipinski definition) is 3. The molecule has 0 radical (unpaired) electrons. The van der Waals surface area contributed by atoms with E-state index in [4.69, 9.17) is 4.74 Å². The van der Waals surface area contributed by atoms with E-state index < -0.39 is 0 Å². The van der Waals surface area contributed by atoms with Crippen LogP contribution in [0.1, 0.15) is 56.3 Å². The fourth-order valence-electron chi connectivity index (χ4n) is 3.67. The molecule has 1 fully saturated rings. The molecule has 1 aromatic rings. The molecular weight excluding hydrogens is 262 g/mol. The summed E-state index contributed by atoms with van der Waals surface area (Å²) in [6, 6.07) is 8.39. The van der Waals surface area contributed by atoms with Crippen molar-refractivity contribution in [2.75, 3.05) is 13.1 Å². The Morgan fingerprint density at radius 3 is 3.00 bits per heavy atom. The van der Waals surface area contributed by atoms with E-state index in [-0.39, 0.29) is 17.5 Å². The number of carbonyl (C=O) groups excluding carboxylic acids is 1. The minimum absolute atomic E-state index is 0.00102. The summed E-state index contributed by atoms with van der Waals surface area (Å²) in [6.45, 7) is 3.88. The summed E-state index contributed by atoms with van der Waals surface area (Å²) in [6.07, 6.45) is 5.97. The molecule has 0 saturated carbocycles. The molecule has 114 valence electrons. The van der Waals surface area contributed by atoms with Gasteiger partial charge in [0.2, 0.25) is 0 Å². The number of benzene rings is 1. The second-order valence-corrected chi connectivity index (χ2v) is 6.40. The lowest BCUT2D eigenvalue weighted by Gasteiger charge is -2.36. The Bertz CT molecular complexity index is 506. The van der Waals surface area contributed by atoms with Gasteiger partial charge < -0.3 is 10.1 Å². The van der Waals surface area contributed by atoms with Gasteiger partial charge in [0, 0.05) is 6.54 Å². The zero-order valence-electron chi connectivity index (χ0n) is 12.9. The molecule has 0 aromatic heterocycles. The Kier molecular flexibility index (Phi) is 4.29. The molecule has 0 amide bonds. The van der Waals surface area contributed by atoms with E-state index in [1.165, 1.54) is 11.1 Å². The van der Waals surface area contributed by atoms with Crippen molar-refractivity contribution in [1.82, 2.24) is 5.32 Å². The molecule has 3 heteroatoms. The van der Waals surface area contributed by atoms with Crippen LogP contribution in [0.4, 0.5) is 0 Å². The monoisotopic (exact) mass is 287 g/mol. The van der Waals surface area contributed by atoms with Crippen LogP contribution in [0.25, 0.3) is 0 Å². The van der Waals surface area contributed by atoms with Gasteiger partial charge in [-0.25, -0.2) is 0 Å². The first-order chi connectivity index (χ1) is 10.2. The highest BCUT2D eigenvalue weighted by Gasteiger charge is 2.41. The van der Waals surface area contributed by atoms with Gasteiger partial charge in [-0.3, -0.25) is 4.79 Å². The molecule has 0 spiro atoms. The molecule has 3 rings (SSSR count). The van der Waals surface area contributed by atoms with Gasteiger partial charge in [-0.1, -0.05) is 31.2 Å². The average Bonchev–Trinajstić information content (AvgIpc) is 2.56. The summed E-state index contributed by atoms with van der Waals surface area (Å²) in [4.78, 5) is 12.8. The molecule has 1 aliphatic carbocycles. The van der Waals surface area contributed by atoms with Crippen molar-refractivity contribution in [3.05, 3.63) is 35.4 Å². The molecule has 3 nitrogen and oxygen atoms in total. The maximum atomic E-state index is 12.8. The lowest BCUT2D eigenvalue weighted by atomic mass is 9.78. The van der Waals surface area contributed by atoms with Gasteiger partial charge in [0.05, 0.1) is 5.41 Å². The van der Waals surface area contributed by atoms with Crippen LogP contribution in [0.15, 0.2) is 24.3 Å². The Balaban J connectivity index is 1.76. The number of aryl methyl sites for hydroxylation is 1. The quantitative estimate of drug-likeness (QED) is 0.866. The van der Waals surface area contributed by atoms with Gasteiger partial charge in [-0.2, -0.15) is 0 Å². The second kappa shape index (κ2) is 6.18. The third kappa shape index (κ3) is 2.84. The van der Waals surface area contributed by atoms with Crippen molar-refractivity contribution < 1.29 is 9.53 Å². The number of fused-ring (bicyclic) bond motifs is 1. The van der Waals surface area contributed by atoms with E-state index >= 15 is 0 Å². The minimum Gasteiger partial charge on any atom is -0.457 e. The first-order valence-electron chi connectivity index (χ1n) is 8.25. The molecular formula is C18H25NO2. The molecule has 1 aromatic carbocycles. The van der Waals surface area contributed by atoms with Crippen LogP contribution < -0.4 is 5.32 Å². The molecule has 2 unspecified atom stereocenters. The van der Waals surface area contributed by atoms with Crippen molar-refractivity contribution in [3.8, 4) is 0 Å². The molecule has 1 saturated heterocycles. The fraction of sp³-hybridized carbons (Fsp3) is 0.611. The third-order valence-electron chi connectivity index (χ3n) is 5.15. The fourth-order valence-corrected chi connectivity index (χ4v) is 3.67. The van der Waals surface area contributed by atoms with Crippen LogP contribution in [0, 0.1) is 5.41 Å². The van der Waals surface area contributed by atoms with Gasteiger partial charge in [-0.05, 0) is 56.2 Å². The second-order valence-electron chi connectivity index (χ2n) is 6.40. The van der Waals surface area contributed by atoms with Crippen molar-refractivity contribution in [3.63, 3.8) is 0 Å². The average molecular weight is 287 g/mol. The first kappa shape index (κ1) is 14.6. The van der Waals surface area contributed by atoms with Crippen LogP contribution >= 0.6 is 0 Å². The summed E-state index contributed by atoms with van der Waals surface area (Å²) in [5.41, 5.74) is 2.24. The van der Waals surface area contributed by atoms with Crippen LogP contribution in [0.2, 0.25) is 0 Å². The van der Waals surface area contributed by atoms with Gasteiger partial charge in [0.25, 0.3) is 0 Å². The Morgan fingerprint density at radius 1 is 1.38 bits per heavy atom. The standard InChI is InChI=1S/C18H25NO2/c1-2-18(11-6-12-19-13-18)17(20)21-16-10-5-8-14-7-3-4-9-15(14)16/h3-4,7,9,16,19H,2,5-6,8,10-13H2,1H3. The number of piperidine rings is 1. The van der Waals surface area contributed by atoms with Gasteiger partial charge in [0.15, 0.2) is 0 Å². The zero-order valence-corrected chi connectivity index (χ0v) is 12.9. The van der Waals surface area contributed by atoms with E-state index in [1.54, 1.807) is 0 Å². The van der Waals surface area contributed by atoms with Gasteiger partial charge in [0.1, 0.15) is 6.10 Å². The molecule has 1 aliphatic heterocycles. The smallest absolute Gasteiger partial charge is 0.313 e. The zero-order chi connectivity index (χ0) is 14.7. The van der Waals surface area contributed by atoms with Crippen LogP contribution in [-0.2, 0) is 16.0 Å². The Morgan fingerprint density at radius 2 is 2.24 bits per heavy atom. The van der Waals surface area contributed by atoms with E-state index in [0.29, 0.717) is 0 Å². The topological polar surface area (TPSA) is 38.3 Å². The predicted octanol–water partition coefficient (Wildman–Crippen LogP) is 3.39. The third-order valence-corrected chi connectivity index (χ3v) is 5.15. The SMILES string of the molecule is CCC1(C(=O)OC2CCCc3ccccc32)CCCNC1. The number of hydrogen-bond donors (Lipinski definition) is 1. The van der Waals surface area contributed by atoms with Crippen LogP contribution in [0.5, 0.6) is 0 Å². The largest absolute Gasteiger partial charge is 0.457 e. The number of carbonyl (C=O) groups is 1. The van der Waals surface area contributed by atoms with Crippen molar-refractivity contribution in [1.29, 1.82) is 0 Å². The summed E-state index contributed by atoms with van der Waals surface area (Å²) >= 11 is 0. The highest BCUT2D eigenvalue weighted by Crippen LogP contribution is 2.37. The number of ether oxygens (including phenoxy) is 1. The number of nitrogens with one attached hydrogen (secondary N) is 1. The number of esters is 1. The maximum absolute atomic E-state index is 12.8. The summed E-state index contributed by atoms with van der Waals surface area (Å²) in [7, 11) is 0. The summed E-state index contributed by atoms with van der Waals surface area (Å²) < 4.78 is 5.97. The number of rotatable bonds is 3. The summed E-state index contributed by atoms with van der Waals surface area (Å²) in [5.74, 6) is -0.00102. The Hall–Kier alpha value is -1.35. The first-order valence-corrected chi connectivity index (χ1v) is 8.25. The highest BCUT2D eigenvalue weighted by atomic mass is 16.5. The molecule has 1 heterocycles. The van der Waals surface area contributed by atoms with Crippen LogP contribution in [0.3, 0.4) is 0 Å². The van der Waals surface area contributed by atoms with Crippen LogP contribution in [-0.4, -0.2) is 19.1 Å². The van der Waals surface area contributed by atoms with Crippen molar-refractivity contribution in [2.45, 2.75) is 51.6 Å². The predicted molar refractivity (Wildman–Crippen MR) is 83.0 cm³/mol. The Labute approximate surface area is 127 Å². The molecule has 2 aliphatic rings. The lowest BCUT2D eigenvalue weighted by Crippen LogP contribution is -2.46. The van der Waals surface area contributed by atoms with E-state index in [2.05, 4.69) is 30.4 Å². The molecule has 21 heavy (non-hydrogen) atoms. The highest BCUT2D eigenvalue weighted by molar-refractivity contribution is 5.77. The van der Waals surface area contributed by atoms with Crippen molar-refractivity contribution in [2.24, 2.45) is 5.41 Å². The van der Waals surface area contributed by atoms with E-state index in [9.17, 15) is 4.79 Å². The van der Waals surface area contributed by atoms with Crippen molar-refractivity contribution >= 4 is 5.97 Å².